The molecule has 1 aromatic rings. The largest absolute Gasteiger partial charge is 0.446 e. The number of rotatable bonds is 4. The van der Waals surface area contributed by atoms with E-state index in [0.29, 0.717) is 19.6 Å². The third-order valence-electron chi connectivity index (χ3n) is 4.75. The molecule has 0 bridgehead atoms. The van der Waals surface area contributed by atoms with E-state index in [-0.39, 0.29) is 17.2 Å². The Morgan fingerprint density at radius 1 is 1.29 bits per heavy atom. The van der Waals surface area contributed by atoms with Crippen molar-refractivity contribution in [1.82, 2.24) is 4.90 Å². The van der Waals surface area contributed by atoms with Gasteiger partial charge in [-0.15, -0.1) is 0 Å². The van der Waals surface area contributed by atoms with Gasteiger partial charge in [-0.2, -0.15) is 0 Å². The Kier molecular flexibility index (Phi) is 5.73. The molecule has 1 atom stereocenters. The molecule has 0 radical (unpaired) electrons. The van der Waals surface area contributed by atoms with Crippen LogP contribution >= 0.6 is 0 Å². The van der Waals surface area contributed by atoms with Crippen molar-refractivity contribution in [2.75, 3.05) is 13.2 Å². The lowest BCUT2D eigenvalue weighted by molar-refractivity contribution is 0.167. The van der Waals surface area contributed by atoms with Gasteiger partial charge in [0.1, 0.15) is 12.6 Å². The minimum absolute atomic E-state index is 0.132. The summed E-state index contributed by atoms with van der Waals surface area (Å²) in [5, 5.41) is 0.192. The number of amides is 1. The first kappa shape index (κ1) is 18.6. The second-order valence-corrected chi connectivity index (χ2v) is 12.3. The summed E-state index contributed by atoms with van der Waals surface area (Å²) < 4.78 is 11.2. The molecule has 4 nitrogen and oxygen atoms in total. The highest BCUT2D eigenvalue weighted by molar-refractivity contribution is 6.74. The van der Waals surface area contributed by atoms with E-state index in [4.69, 9.17) is 9.16 Å². The van der Waals surface area contributed by atoms with Crippen LogP contribution in [0.15, 0.2) is 30.3 Å². The van der Waals surface area contributed by atoms with Crippen molar-refractivity contribution in [1.29, 1.82) is 0 Å². The first-order valence-electron chi connectivity index (χ1n) is 8.36. The van der Waals surface area contributed by atoms with Crippen molar-refractivity contribution in [2.24, 2.45) is 0 Å². The standard InChI is InChI=1S/C19H27NO3Si/c1-19(2,3)24(4,5)23-14-10-9-13-20-17(15-22-18(20)21)16-11-7-6-8-12-16/h6-8,11-12,17H,10,14-15H2,1-5H3/t17-/m0/s1. The van der Waals surface area contributed by atoms with Gasteiger partial charge in [-0.25, -0.2) is 9.69 Å². The number of ether oxygens (including phenoxy) is 1. The molecule has 1 saturated heterocycles. The highest BCUT2D eigenvalue weighted by Crippen LogP contribution is 2.36. The fraction of sp³-hybridized carbons (Fsp3) is 0.526. The topological polar surface area (TPSA) is 38.8 Å². The SMILES string of the molecule is CC(C)(C)[Si](C)(C)OCCC#CN1C(=O)OC[C@H]1c1ccccc1. The first-order valence-corrected chi connectivity index (χ1v) is 11.3. The van der Waals surface area contributed by atoms with Gasteiger partial charge in [0.05, 0.1) is 0 Å². The number of hydrogen-bond donors (Lipinski definition) is 0. The van der Waals surface area contributed by atoms with E-state index in [0.717, 1.165) is 5.56 Å². The molecule has 2 rings (SSSR count). The summed E-state index contributed by atoms with van der Waals surface area (Å²) in [5.41, 5.74) is 1.04. The van der Waals surface area contributed by atoms with E-state index in [2.05, 4.69) is 45.8 Å². The van der Waals surface area contributed by atoms with Crippen LogP contribution in [0.2, 0.25) is 18.1 Å². The molecule has 1 aromatic carbocycles. The Morgan fingerprint density at radius 3 is 2.58 bits per heavy atom. The predicted molar refractivity (Wildman–Crippen MR) is 97.9 cm³/mol. The van der Waals surface area contributed by atoms with Gasteiger partial charge in [0.25, 0.3) is 0 Å². The minimum Gasteiger partial charge on any atom is -0.446 e. The van der Waals surface area contributed by atoms with Crippen molar-refractivity contribution in [2.45, 2.75) is 51.4 Å². The fourth-order valence-electron chi connectivity index (χ4n) is 2.18. The van der Waals surface area contributed by atoms with Crippen LogP contribution in [0, 0.1) is 12.0 Å². The van der Waals surface area contributed by atoms with Gasteiger partial charge in [0.2, 0.25) is 0 Å². The van der Waals surface area contributed by atoms with Gasteiger partial charge in [0, 0.05) is 19.1 Å². The molecule has 0 N–H and O–H groups in total. The first-order chi connectivity index (χ1) is 11.2. The molecule has 130 valence electrons. The Hall–Kier alpha value is -1.77. The van der Waals surface area contributed by atoms with Crippen molar-refractivity contribution >= 4 is 14.4 Å². The molecule has 1 aliphatic rings. The maximum atomic E-state index is 11.9. The lowest BCUT2D eigenvalue weighted by atomic mass is 10.1. The number of benzene rings is 1. The highest BCUT2D eigenvalue weighted by atomic mass is 28.4. The van der Waals surface area contributed by atoms with Gasteiger partial charge in [0.15, 0.2) is 8.32 Å². The molecular weight excluding hydrogens is 318 g/mol. The minimum atomic E-state index is -1.74. The highest BCUT2D eigenvalue weighted by Gasteiger charge is 2.37. The zero-order valence-corrected chi connectivity index (χ0v) is 16.3. The molecule has 1 fully saturated rings. The molecule has 0 aromatic heterocycles. The average molecular weight is 346 g/mol. The van der Waals surface area contributed by atoms with Crippen LogP contribution < -0.4 is 0 Å². The summed E-state index contributed by atoms with van der Waals surface area (Å²) in [5.74, 6) is 3.05. The third kappa shape index (κ3) is 4.40. The summed E-state index contributed by atoms with van der Waals surface area (Å²) in [6.45, 7) is 12.1. The second-order valence-electron chi connectivity index (χ2n) is 7.52. The Bertz CT molecular complexity index is 625. The number of nitrogens with zero attached hydrogens (tertiary/aromatic N) is 1. The van der Waals surface area contributed by atoms with Crippen LogP contribution in [-0.4, -0.2) is 32.5 Å². The molecule has 0 aliphatic carbocycles. The van der Waals surface area contributed by atoms with Crippen LogP contribution in [0.25, 0.3) is 0 Å². The van der Waals surface area contributed by atoms with Crippen LogP contribution in [0.1, 0.15) is 38.8 Å². The summed E-state index contributed by atoms with van der Waals surface area (Å²) in [6, 6.07) is 12.7. The van der Waals surface area contributed by atoms with Crippen LogP contribution in [0.3, 0.4) is 0 Å². The number of carbonyl (C=O) groups is 1. The van der Waals surface area contributed by atoms with E-state index >= 15 is 0 Å². The zero-order chi connectivity index (χ0) is 17.8. The van der Waals surface area contributed by atoms with E-state index in [9.17, 15) is 4.79 Å². The smallest absolute Gasteiger partial charge is 0.422 e. The van der Waals surface area contributed by atoms with Gasteiger partial charge in [-0.3, -0.25) is 0 Å². The van der Waals surface area contributed by atoms with E-state index in [1.165, 1.54) is 4.90 Å². The van der Waals surface area contributed by atoms with Crippen LogP contribution in [-0.2, 0) is 9.16 Å². The summed E-state index contributed by atoms with van der Waals surface area (Å²) >= 11 is 0. The fourth-order valence-corrected chi connectivity index (χ4v) is 3.23. The maximum absolute atomic E-state index is 11.9. The molecule has 0 spiro atoms. The third-order valence-corrected chi connectivity index (χ3v) is 9.29. The Balaban J connectivity index is 1.93. The van der Waals surface area contributed by atoms with Crippen LogP contribution in [0.4, 0.5) is 4.79 Å². The van der Waals surface area contributed by atoms with Gasteiger partial charge in [-0.1, -0.05) is 57.0 Å². The molecule has 1 heterocycles. The molecule has 1 aliphatic heterocycles. The zero-order valence-electron chi connectivity index (χ0n) is 15.3. The molecule has 1 amide bonds. The van der Waals surface area contributed by atoms with Crippen molar-refractivity contribution in [3.63, 3.8) is 0 Å². The molecule has 5 heteroatoms. The monoisotopic (exact) mass is 345 g/mol. The van der Waals surface area contributed by atoms with Crippen molar-refractivity contribution < 1.29 is 14.0 Å². The second kappa shape index (κ2) is 7.41. The Labute approximate surface area is 146 Å². The predicted octanol–water partition coefficient (Wildman–Crippen LogP) is 4.55. The molecule has 24 heavy (non-hydrogen) atoms. The van der Waals surface area contributed by atoms with E-state index in [1.807, 2.05) is 30.3 Å². The quantitative estimate of drug-likeness (QED) is 0.456. The molecule has 0 saturated carbocycles. The van der Waals surface area contributed by atoms with Crippen molar-refractivity contribution in [3.05, 3.63) is 35.9 Å². The number of cyclic esters (lactones) is 1. The van der Waals surface area contributed by atoms with Crippen molar-refractivity contribution in [3.8, 4) is 12.0 Å². The van der Waals surface area contributed by atoms with E-state index in [1.54, 1.807) is 0 Å². The van der Waals surface area contributed by atoms with Gasteiger partial charge in [-0.05, 0) is 23.7 Å². The number of hydrogen-bond acceptors (Lipinski definition) is 3. The number of carbonyl (C=O) groups excluding carboxylic acids is 1. The summed E-state index contributed by atoms with van der Waals surface area (Å²) in [4.78, 5) is 13.4. The lowest BCUT2D eigenvalue weighted by Crippen LogP contribution is -2.40. The van der Waals surface area contributed by atoms with E-state index < -0.39 is 8.32 Å². The molecule has 0 unspecified atom stereocenters. The lowest BCUT2D eigenvalue weighted by Gasteiger charge is -2.35. The molecular formula is C19H27NO3Si. The average Bonchev–Trinajstić information content (AvgIpc) is 2.88. The maximum Gasteiger partial charge on any atom is 0.422 e. The normalized spacial score (nSPS) is 18.1. The summed E-state index contributed by atoms with van der Waals surface area (Å²) in [6.07, 6.45) is 0.235. The summed E-state index contributed by atoms with van der Waals surface area (Å²) in [7, 11) is -1.74. The van der Waals surface area contributed by atoms with Gasteiger partial charge < -0.3 is 9.16 Å². The van der Waals surface area contributed by atoms with Gasteiger partial charge >= 0.3 is 6.09 Å². The Morgan fingerprint density at radius 2 is 1.96 bits per heavy atom. The van der Waals surface area contributed by atoms with Crippen LogP contribution in [0.5, 0.6) is 0 Å².